The van der Waals surface area contributed by atoms with E-state index in [1.165, 1.54) is 23.5 Å². The summed E-state index contributed by atoms with van der Waals surface area (Å²) in [6, 6.07) is 10.1. The van der Waals surface area contributed by atoms with Crippen LogP contribution >= 0.6 is 23.1 Å². The van der Waals surface area contributed by atoms with E-state index < -0.39 is 0 Å². The minimum Gasteiger partial charge on any atom is -0.335 e. The Kier molecular flexibility index (Phi) is 5.27. The van der Waals surface area contributed by atoms with Crippen molar-refractivity contribution in [2.45, 2.75) is 18.9 Å². The fourth-order valence-electron chi connectivity index (χ4n) is 3.08. The van der Waals surface area contributed by atoms with Gasteiger partial charge in [0.15, 0.2) is 5.82 Å². The van der Waals surface area contributed by atoms with Crippen molar-refractivity contribution in [3.63, 3.8) is 0 Å². The number of rotatable bonds is 4. The lowest BCUT2D eigenvalue weighted by atomic mass is 10.1. The van der Waals surface area contributed by atoms with Crippen LogP contribution in [-0.2, 0) is 0 Å². The Morgan fingerprint density at radius 1 is 1.30 bits per heavy atom. The summed E-state index contributed by atoms with van der Waals surface area (Å²) < 4.78 is 14.9. The Labute approximate surface area is 165 Å². The zero-order valence-electron chi connectivity index (χ0n) is 14.8. The highest BCUT2D eigenvalue weighted by molar-refractivity contribution is 7.99. The Hall–Kier alpha value is -2.19. The lowest BCUT2D eigenvalue weighted by Gasteiger charge is -2.30. The molecule has 0 N–H and O–H groups in total. The summed E-state index contributed by atoms with van der Waals surface area (Å²) >= 11 is 3.40. The Bertz CT molecular complexity index is 918. The van der Waals surface area contributed by atoms with Crippen molar-refractivity contribution in [2.75, 3.05) is 18.6 Å². The van der Waals surface area contributed by atoms with Crippen molar-refractivity contribution in [1.82, 2.24) is 19.7 Å². The smallest absolute Gasteiger partial charge is 0.293 e. The number of hydrogen-bond acceptors (Lipinski definition) is 5. The molecule has 0 saturated carbocycles. The van der Waals surface area contributed by atoms with Gasteiger partial charge in [-0.15, -0.1) is 16.4 Å². The van der Waals surface area contributed by atoms with Gasteiger partial charge in [-0.25, -0.2) is 14.1 Å². The molecule has 4 rings (SSSR count). The normalized spacial score (nSPS) is 17.0. The van der Waals surface area contributed by atoms with E-state index in [9.17, 15) is 9.18 Å². The number of thiophene rings is 1. The highest BCUT2D eigenvalue weighted by Gasteiger charge is 2.27. The number of carbonyl (C=O) groups excluding carboxylic acids is 1. The molecule has 1 aromatic carbocycles. The molecule has 1 saturated heterocycles. The van der Waals surface area contributed by atoms with Crippen molar-refractivity contribution >= 4 is 29.0 Å². The maximum atomic E-state index is 13.3. The molecule has 1 aliphatic rings. The first kappa shape index (κ1) is 18.2. The molecule has 1 amide bonds. The van der Waals surface area contributed by atoms with E-state index in [4.69, 9.17) is 0 Å². The van der Waals surface area contributed by atoms with Crippen molar-refractivity contribution in [2.24, 2.45) is 0 Å². The molecule has 3 heterocycles. The lowest BCUT2D eigenvalue weighted by molar-refractivity contribution is 0.0726. The molecule has 1 atom stereocenters. The maximum Gasteiger partial charge on any atom is 0.293 e. The molecule has 0 spiro atoms. The first-order chi connectivity index (χ1) is 13.1. The summed E-state index contributed by atoms with van der Waals surface area (Å²) in [6.07, 6.45) is 2.12. The fraction of sp³-hybridized carbons (Fsp3) is 0.316. The third-order valence-corrected chi connectivity index (χ3v) is 6.68. The maximum absolute atomic E-state index is 13.3. The molecule has 5 nitrogen and oxygen atoms in total. The quantitative estimate of drug-likeness (QED) is 0.659. The summed E-state index contributed by atoms with van der Waals surface area (Å²) in [5.74, 6) is 2.35. The molecule has 1 unspecified atom stereocenters. The van der Waals surface area contributed by atoms with E-state index in [1.807, 2.05) is 36.3 Å². The van der Waals surface area contributed by atoms with E-state index in [-0.39, 0.29) is 23.6 Å². The number of aromatic nitrogens is 3. The van der Waals surface area contributed by atoms with Gasteiger partial charge in [0.1, 0.15) is 5.82 Å². The monoisotopic (exact) mass is 402 g/mol. The number of hydrogen-bond donors (Lipinski definition) is 0. The topological polar surface area (TPSA) is 51.0 Å². The number of halogens is 1. The van der Waals surface area contributed by atoms with E-state index in [0.717, 1.165) is 29.2 Å². The van der Waals surface area contributed by atoms with Crippen LogP contribution in [0, 0.1) is 5.82 Å². The van der Waals surface area contributed by atoms with Gasteiger partial charge in [-0.05, 0) is 54.3 Å². The largest absolute Gasteiger partial charge is 0.335 e. The zero-order valence-corrected chi connectivity index (χ0v) is 16.5. The summed E-state index contributed by atoms with van der Waals surface area (Å²) in [6.45, 7) is 0. The second-order valence-corrected chi connectivity index (χ2v) is 8.51. The van der Waals surface area contributed by atoms with Crippen LogP contribution in [0.3, 0.4) is 0 Å². The van der Waals surface area contributed by atoms with Crippen molar-refractivity contribution in [3.8, 4) is 16.4 Å². The van der Waals surface area contributed by atoms with Crippen molar-refractivity contribution in [3.05, 3.63) is 53.4 Å². The van der Waals surface area contributed by atoms with Crippen LogP contribution in [0.25, 0.3) is 16.4 Å². The molecule has 0 aliphatic carbocycles. The van der Waals surface area contributed by atoms with Gasteiger partial charge in [0.2, 0.25) is 5.82 Å². The molecule has 1 fully saturated rings. The standard InChI is InChI=1S/C19H19FN4OS2/c1-23(15-4-2-10-26-12-15)19(25)17-21-18(16-5-3-11-27-16)24(22-17)14-8-6-13(20)7-9-14/h3,5-9,11,15H,2,4,10,12H2,1H3. The van der Waals surface area contributed by atoms with Gasteiger partial charge in [0.05, 0.1) is 10.6 Å². The first-order valence-corrected chi connectivity index (χ1v) is 10.8. The molecule has 0 bridgehead atoms. The van der Waals surface area contributed by atoms with Crippen LogP contribution in [-0.4, -0.2) is 50.2 Å². The van der Waals surface area contributed by atoms with Gasteiger partial charge >= 0.3 is 0 Å². The van der Waals surface area contributed by atoms with Crippen LogP contribution in [0.4, 0.5) is 4.39 Å². The van der Waals surface area contributed by atoms with Gasteiger partial charge in [0.25, 0.3) is 5.91 Å². The molecular formula is C19H19FN4OS2. The van der Waals surface area contributed by atoms with E-state index in [2.05, 4.69) is 10.1 Å². The zero-order chi connectivity index (χ0) is 18.8. The minimum absolute atomic E-state index is 0.167. The minimum atomic E-state index is -0.317. The van der Waals surface area contributed by atoms with Gasteiger partial charge in [-0.3, -0.25) is 4.79 Å². The molecule has 3 aromatic rings. The average molecular weight is 403 g/mol. The van der Waals surface area contributed by atoms with Crippen molar-refractivity contribution < 1.29 is 9.18 Å². The summed E-state index contributed by atoms with van der Waals surface area (Å²) in [5.41, 5.74) is 0.669. The van der Waals surface area contributed by atoms with E-state index >= 15 is 0 Å². The van der Waals surface area contributed by atoms with Gasteiger partial charge in [0, 0.05) is 18.8 Å². The third kappa shape index (κ3) is 3.77. The second kappa shape index (κ2) is 7.82. The lowest BCUT2D eigenvalue weighted by Crippen LogP contribution is -2.40. The first-order valence-electron chi connectivity index (χ1n) is 8.75. The SMILES string of the molecule is CN(C(=O)c1nc(-c2cccs2)n(-c2ccc(F)cc2)n1)C1CCCSC1. The number of carbonyl (C=O) groups is 1. The van der Waals surface area contributed by atoms with E-state index in [1.54, 1.807) is 21.7 Å². The van der Waals surface area contributed by atoms with Gasteiger partial charge < -0.3 is 4.90 Å². The molecule has 1 aliphatic heterocycles. The number of thioether (sulfide) groups is 1. The third-order valence-electron chi connectivity index (χ3n) is 4.62. The Morgan fingerprint density at radius 2 is 2.11 bits per heavy atom. The van der Waals surface area contributed by atoms with E-state index in [0.29, 0.717) is 11.5 Å². The Balaban J connectivity index is 1.70. The van der Waals surface area contributed by atoms with Crippen LogP contribution in [0.5, 0.6) is 0 Å². The van der Waals surface area contributed by atoms with Crippen LogP contribution < -0.4 is 0 Å². The highest BCUT2D eigenvalue weighted by atomic mass is 32.2. The average Bonchev–Trinajstić information content (AvgIpc) is 3.38. The number of benzene rings is 1. The molecular weight excluding hydrogens is 383 g/mol. The molecule has 140 valence electrons. The van der Waals surface area contributed by atoms with Crippen LogP contribution in [0.1, 0.15) is 23.5 Å². The summed E-state index contributed by atoms with van der Waals surface area (Å²) in [5, 5.41) is 6.42. The number of nitrogens with zero attached hydrogens (tertiary/aromatic N) is 4. The summed E-state index contributed by atoms with van der Waals surface area (Å²) in [7, 11) is 1.82. The number of amides is 1. The Morgan fingerprint density at radius 3 is 2.78 bits per heavy atom. The summed E-state index contributed by atoms with van der Waals surface area (Å²) in [4.78, 5) is 20.2. The molecule has 0 radical (unpaired) electrons. The predicted molar refractivity (Wildman–Crippen MR) is 107 cm³/mol. The van der Waals surface area contributed by atoms with Crippen LogP contribution in [0.2, 0.25) is 0 Å². The second-order valence-electron chi connectivity index (χ2n) is 6.41. The van der Waals surface area contributed by atoms with Gasteiger partial charge in [-0.2, -0.15) is 11.8 Å². The molecule has 8 heteroatoms. The fourth-order valence-corrected chi connectivity index (χ4v) is 4.98. The van der Waals surface area contributed by atoms with Crippen molar-refractivity contribution in [1.29, 1.82) is 0 Å². The van der Waals surface area contributed by atoms with Gasteiger partial charge in [-0.1, -0.05) is 6.07 Å². The predicted octanol–water partition coefficient (Wildman–Crippen LogP) is 4.10. The highest BCUT2D eigenvalue weighted by Crippen LogP contribution is 2.27. The van der Waals surface area contributed by atoms with Crippen LogP contribution in [0.15, 0.2) is 41.8 Å². The molecule has 2 aromatic heterocycles. The molecule has 27 heavy (non-hydrogen) atoms.